The summed E-state index contributed by atoms with van der Waals surface area (Å²) in [6, 6.07) is 0. The Morgan fingerprint density at radius 1 is 0.600 bits per heavy atom. The van der Waals surface area contributed by atoms with E-state index in [0.717, 1.165) is 0 Å². The standard InChI is InChI=1S/3H2O.Pb.Ti.2H/h3*1H2;;;;. The summed E-state index contributed by atoms with van der Waals surface area (Å²) in [6.07, 6.45) is 0. The van der Waals surface area contributed by atoms with Crippen molar-refractivity contribution in [2.45, 2.75) is 0 Å². The molecule has 0 saturated carbocycles. The van der Waals surface area contributed by atoms with Gasteiger partial charge in [0, 0.05) is 21.7 Å². The van der Waals surface area contributed by atoms with Gasteiger partial charge in [0.2, 0.25) is 0 Å². The Balaban J connectivity index is 0. The minimum Gasteiger partial charge on any atom is 0 e. The second-order valence-electron chi connectivity index (χ2n) is 0. The molecule has 2 radical (unpaired) electrons. The van der Waals surface area contributed by atoms with Gasteiger partial charge in [-0.25, -0.2) is 0 Å². The summed E-state index contributed by atoms with van der Waals surface area (Å²) in [5.74, 6) is 0. The van der Waals surface area contributed by atoms with Crippen LogP contribution in [-0.2, 0) is 21.7 Å². The van der Waals surface area contributed by atoms with Crippen LogP contribution in [0.4, 0.5) is 0 Å². The minimum atomic E-state index is 0. The van der Waals surface area contributed by atoms with Gasteiger partial charge >= 0.3 is 27.3 Å². The largest absolute Gasteiger partial charge is 0 e. The van der Waals surface area contributed by atoms with E-state index in [1.807, 2.05) is 0 Å². The van der Waals surface area contributed by atoms with Crippen molar-refractivity contribution >= 4 is 27.3 Å². The maximum absolute atomic E-state index is 0. The van der Waals surface area contributed by atoms with Crippen molar-refractivity contribution in [3.05, 3.63) is 0 Å². The average molecular weight is 311 g/mol. The van der Waals surface area contributed by atoms with Gasteiger partial charge in [-0.2, -0.15) is 0 Å². The smallest absolute Gasteiger partial charge is 0 e. The topological polar surface area (TPSA) is 94.5 Å². The van der Waals surface area contributed by atoms with E-state index in [4.69, 9.17) is 0 Å². The molecule has 0 spiro atoms. The van der Waals surface area contributed by atoms with Gasteiger partial charge in [-0.05, 0) is 0 Å². The molecule has 0 aromatic rings. The maximum atomic E-state index is 0. The van der Waals surface area contributed by atoms with E-state index in [1.54, 1.807) is 0 Å². The molecule has 0 aromatic heterocycles. The summed E-state index contributed by atoms with van der Waals surface area (Å²) in [5.41, 5.74) is 0. The number of rotatable bonds is 0. The van der Waals surface area contributed by atoms with Gasteiger partial charge in [-0.15, -0.1) is 0 Å². The molecule has 34 valence electrons. The molecule has 0 unspecified atom stereocenters. The predicted octanol–water partition coefficient (Wildman–Crippen LogP) is -3.39. The van der Waals surface area contributed by atoms with E-state index in [2.05, 4.69) is 0 Å². The van der Waals surface area contributed by atoms with E-state index in [9.17, 15) is 0 Å². The van der Waals surface area contributed by atoms with Gasteiger partial charge in [0.1, 0.15) is 0 Å². The van der Waals surface area contributed by atoms with Gasteiger partial charge in [-0.1, -0.05) is 0 Å². The minimum absolute atomic E-state index is 0. The van der Waals surface area contributed by atoms with Crippen molar-refractivity contribution < 1.29 is 38.1 Å². The van der Waals surface area contributed by atoms with Crippen LogP contribution >= 0.6 is 0 Å². The number of hydrogen-bond donors (Lipinski definition) is 0. The van der Waals surface area contributed by atoms with E-state index >= 15 is 0 Å². The first-order chi connectivity index (χ1) is 0. The summed E-state index contributed by atoms with van der Waals surface area (Å²) >= 11 is 0. The van der Waals surface area contributed by atoms with Gasteiger partial charge in [0.25, 0.3) is 0 Å². The van der Waals surface area contributed by atoms with Crippen LogP contribution in [0.5, 0.6) is 0 Å². The summed E-state index contributed by atoms with van der Waals surface area (Å²) in [5, 5.41) is 0. The van der Waals surface area contributed by atoms with Gasteiger partial charge in [-0.3, -0.25) is 0 Å². The van der Waals surface area contributed by atoms with Crippen molar-refractivity contribution in [2.75, 3.05) is 0 Å². The zero-order valence-electron chi connectivity index (χ0n) is 2.71. The Labute approximate surface area is 65.1 Å². The normalized spacial score (nSPS) is 0. The summed E-state index contributed by atoms with van der Waals surface area (Å²) in [4.78, 5) is 0. The molecule has 5 heavy (non-hydrogen) atoms. The molecule has 0 aliphatic carbocycles. The Hall–Kier alpha value is 1.52. The average Bonchev–Trinajstić information content (AvgIpc) is 0. The molecular formula is H8O3PbTi. The van der Waals surface area contributed by atoms with E-state index in [-0.39, 0.29) is 65.4 Å². The first kappa shape index (κ1) is 86.2. The van der Waals surface area contributed by atoms with Crippen molar-refractivity contribution in [3.63, 3.8) is 0 Å². The molecule has 6 N–H and O–H groups in total. The van der Waals surface area contributed by atoms with Crippen LogP contribution in [0.25, 0.3) is 0 Å². The molecule has 0 bridgehead atoms. The predicted molar refractivity (Wildman–Crippen MR) is 19.4 cm³/mol. The second kappa shape index (κ2) is 48.9. The van der Waals surface area contributed by atoms with E-state index in [1.165, 1.54) is 0 Å². The molecule has 5 heteroatoms. The van der Waals surface area contributed by atoms with Crippen LogP contribution in [0.3, 0.4) is 0 Å². The third kappa shape index (κ3) is 29.7. The SMILES string of the molecule is O.O.O.[PbH2].[Ti]. The molecule has 0 aliphatic rings. The molecule has 0 aliphatic heterocycles. The van der Waals surface area contributed by atoms with Crippen LogP contribution in [-0.4, -0.2) is 43.7 Å². The van der Waals surface area contributed by atoms with E-state index in [0.29, 0.717) is 0 Å². The fraction of sp³-hybridized carbons (Fsp3) is 0. The third-order valence-electron chi connectivity index (χ3n) is 0. The molecule has 0 fully saturated rings. The molecule has 0 aromatic carbocycles. The third-order valence-corrected chi connectivity index (χ3v) is 0. The Morgan fingerprint density at radius 2 is 0.600 bits per heavy atom. The quantitative estimate of drug-likeness (QED) is 0.417. The zero-order valence-corrected chi connectivity index (χ0v) is 9.77. The zero-order chi connectivity index (χ0) is 0. The molecular weight excluding hydrogens is 303 g/mol. The Bertz CT molecular complexity index is 6.85. The van der Waals surface area contributed by atoms with Crippen molar-refractivity contribution in [1.82, 2.24) is 0 Å². The Kier molecular flexibility index (Phi) is 844. The monoisotopic (exact) mass is 312 g/mol. The first-order valence-corrected chi connectivity index (χ1v) is 0. The van der Waals surface area contributed by atoms with Crippen LogP contribution in [0, 0.1) is 0 Å². The Morgan fingerprint density at radius 3 is 0.600 bits per heavy atom. The van der Waals surface area contributed by atoms with Crippen LogP contribution in [0.15, 0.2) is 0 Å². The maximum Gasteiger partial charge on any atom is 0 e. The number of hydrogen-bond acceptors (Lipinski definition) is 0. The van der Waals surface area contributed by atoms with Crippen molar-refractivity contribution in [1.29, 1.82) is 0 Å². The molecule has 0 saturated heterocycles. The molecule has 0 atom stereocenters. The molecule has 3 nitrogen and oxygen atoms in total. The molecule has 0 heterocycles. The fourth-order valence-corrected chi connectivity index (χ4v) is 0. The first-order valence-electron chi connectivity index (χ1n) is 0. The summed E-state index contributed by atoms with van der Waals surface area (Å²) in [6.45, 7) is 0. The van der Waals surface area contributed by atoms with E-state index < -0.39 is 0 Å². The van der Waals surface area contributed by atoms with Crippen molar-refractivity contribution in [2.24, 2.45) is 0 Å². The van der Waals surface area contributed by atoms with Crippen LogP contribution in [0.1, 0.15) is 0 Å². The summed E-state index contributed by atoms with van der Waals surface area (Å²) < 4.78 is 0. The molecule has 0 rings (SSSR count). The summed E-state index contributed by atoms with van der Waals surface area (Å²) in [7, 11) is 0. The molecule has 0 amide bonds. The van der Waals surface area contributed by atoms with Crippen molar-refractivity contribution in [3.8, 4) is 0 Å². The van der Waals surface area contributed by atoms with Gasteiger partial charge in [0.05, 0.1) is 0 Å². The van der Waals surface area contributed by atoms with Crippen LogP contribution < -0.4 is 0 Å². The van der Waals surface area contributed by atoms with Crippen LogP contribution in [0.2, 0.25) is 0 Å². The second-order valence-corrected chi connectivity index (χ2v) is 0. The fourth-order valence-electron chi connectivity index (χ4n) is 0. The van der Waals surface area contributed by atoms with Gasteiger partial charge < -0.3 is 16.4 Å². The van der Waals surface area contributed by atoms with Gasteiger partial charge in [0.15, 0.2) is 0 Å².